The van der Waals surface area contributed by atoms with Gasteiger partial charge in [-0.05, 0) is 23.9 Å². The average molecular weight is 212 g/mol. The van der Waals surface area contributed by atoms with Crippen molar-refractivity contribution in [3.63, 3.8) is 0 Å². The lowest BCUT2D eigenvalue weighted by Gasteiger charge is -2.02. The highest BCUT2D eigenvalue weighted by Gasteiger charge is 2.16. The molecule has 78 valence electrons. The maximum Gasteiger partial charge on any atom is 0.176 e. The molecular weight excluding hydrogens is 196 g/mol. The summed E-state index contributed by atoms with van der Waals surface area (Å²) in [5.41, 5.74) is 0.878. The monoisotopic (exact) mass is 212 g/mol. The summed E-state index contributed by atoms with van der Waals surface area (Å²) in [6.07, 6.45) is 2.46. The lowest BCUT2D eigenvalue weighted by atomic mass is 10.0. The molecule has 0 spiro atoms. The first kappa shape index (κ1) is 11.3. The summed E-state index contributed by atoms with van der Waals surface area (Å²) in [6, 6.07) is 0. The van der Waals surface area contributed by atoms with E-state index in [1.165, 1.54) is 11.5 Å². The van der Waals surface area contributed by atoms with Gasteiger partial charge in [0.25, 0.3) is 0 Å². The predicted octanol–water partition coefficient (Wildman–Crippen LogP) is 2.72. The van der Waals surface area contributed by atoms with Crippen LogP contribution in [0.5, 0.6) is 0 Å². The van der Waals surface area contributed by atoms with Crippen molar-refractivity contribution in [3.8, 4) is 0 Å². The fourth-order valence-electron chi connectivity index (χ4n) is 1.28. The molecule has 0 atom stereocenters. The van der Waals surface area contributed by atoms with Crippen LogP contribution in [0.2, 0.25) is 0 Å². The Hall–Kier alpha value is -0.770. The summed E-state index contributed by atoms with van der Waals surface area (Å²) in [5, 5.41) is 3.98. The fourth-order valence-corrected chi connectivity index (χ4v) is 1.94. The summed E-state index contributed by atoms with van der Waals surface area (Å²) in [4.78, 5) is 12.5. The molecule has 0 radical (unpaired) electrons. The summed E-state index contributed by atoms with van der Waals surface area (Å²) in [7, 11) is 0. The van der Waals surface area contributed by atoms with Crippen LogP contribution in [-0.2, 0) is 6.42 Å². The lowest BCUT2D eigenvalue weighted by molar-refractivity contribution is 0.0970. The molecule has 0 bridgehead atoms. The minimum Gasteiger partial charge on any atom is -0.293 e. The Kier molecular flexibility index (Phi) is 4.20. The number of aryl methyl sites for hydroxylation is 1. The van der Waals surface area contributed by atoms with E-state index in [1.807, 2.05) is 13.8 Å². The lowest BCUT2D eigenvalue weighted by Crippen LogP contribution is -2.04. The average Bonchev–Trinajstić information content (AvgIpc) is 2.51. The van der Waals surface area contributed by atoms with Gasteiger partial charge in [-0.15, -0.1) is 5.10 Å². The largest absolute Gasteiger partial charge is 0.293 e. The maximum atomic E-state index is 11.7. The smallest absolute Gasteiger partial charge is 0.176 e. The molecule has 3 nitrogen and oxygen atoms in total. The van der Waals surface area contributed by atoms with Gasteiger partial charge in [-0.2, -0.15) is 0 Å². The van der Waals surface area contributed by atoms with Crippen molar-refractivity contribution < 1.29 is 4.79 Å². The van der Waals surface area contributed by atoms with Crippen molar-refractivity contribution in [2.45, 2.75) is 40.0 Å². The molecule has 4 heteroatoms. The third-order valence-electron chi connectivity index (χ3n) is 1.89. The number of hydrogen-bond donors (Lipinski definition) is 0. The van der Waals surface area contributed by atoms with Gasteiger partial charge in [0.1, 0.15) is 4.88 Å². The summed E-state index contributed by atoms with van der Waals surface area (Å²) < 4.78 is 3.84. The zero-order valence-electron chi connectivity index (χ0n) is 8.91. The van der Waals surface area contributed by atoms with Crippen molar-refractivity contribution in [1.82, 2.24) is 9.59 Å². The summed E-state index contributed by atoms with van der Waals surface area (Å²) >= 11 is 1.23. The third-order valence-corrected chi connectivity index (χ3v) is 2.70. The Morgan fingerprint density at radius 2 is 2.21 bits per heavy atom. The van der Waals surface area contributed by atoms with Gasteiger partial charge >= 0.3 is 0 Å². The van der Waals surface area contributed by atoms with Gasteiger partial charge in [-0.3, -0.25) is 4.79 Å². The number of ketones is 1. The molecule has 1 aromatic heterocycles. The molecule has 1 heterocycles. The molecule has 0 aliphatic carbocycles. The molecule has 14 heavy (non-hydrogen) atoms. The first-order valence-corrected chi connectivity index (χ1v) is 5.76. The number of hydrogen-bond acceptors (Lipinski definition) is 4. The highest BCUT2D eigenvalue weighted by Crippen LogP contribution is 2.17. The van der Waals surface area contributed by atoms with E-state index in [0.717, 1.165) is 23.4 Å². The number of rotatable bonds is 5. The Morgan fingerprint density at radius 1 is 1.50 bits per heavy atom. The topological polar surface area (TPSA) is 42.9 Å². The molecule has 0 unspecified atom stereocenters. The van der Waals surface area contributed by atoms with E-state index >= 15 is 0 Å². The van der Waals surface area contributed by atoms with Crippen LogP contribution in [0.25, 0.3) is 0 Å². The van der Waals surface area contributed by atoms with Gasteiger partial charge < -0.3 is 0 Å². The summed E-state index contributed by atoms with van der Waals surface area (Å²) in [5.74, 6) is 0.595. The number of aromatic nitrogens is 2. The maximum absolute atomic E-state index is 11.7. The molecule has 0 saturated carbocycles. The van der Waals surface area contributed by atoms with E-state index in [-0.39, 0.29) is 5.78 Å². The summed E-state index contributed by atoms with van der Waals surface area (Å²) in [6.45, 7) is 6.17. The van der Waals surface area contributed by atoms with Crippen molar-refractivity contribution in [2.75, 3.05) is 0 Å². The number of nitrogens with zero attached hydrogens (tertiary/aromatic N) is 2. The molecule has 0 aliphatic heterocycles. The van der Waals surface area contributed by atoms with E-state index in [9.17, 15) is 4.79 Å². The fraction of sp³-hybridized carbons (Fsp3) is 0.700. The van der Waals surface area contributed by atoms with Gasteiger partial charge in [0.05, 0.1) is 5.69 Å². The molecule has 0 fully saturated rings. The number of carbonyl (C=O) groups excluding carboxylic acids is 1. The minimum atomic E-state index is 0.193. The van der Waals surface area contributed by atoms with E-state index in [4.69, 9.17) is 0 Å². The van der Waals surface area contributed by atoms with Crippen LogP contribution in [-0.4, -0.2) is 15.4 Å². The highest BCUT2D eigenvalue weighted by molar-refractivity contribution is 7.08. The quantitative estimate of drug-likeness (QED) is 0.705. The van der Waals surface area contributed by atoms with Crippen LogP contribution in [0.15, 0.2) is 0 Å². The van der Waals surface area contributed by atoms with Crippen LogP contribution in [0.4, 0.5) is 0 Å². The first-order valence-electron chi connectivity index (χ1n) is 4.99. The van der Waals surface area contributed by atoms with Crippen LogP contribution in [0.1, 0.15) is 49.0 Å². The predicted molar refractivity (Wildman–Crippen MR) is 57.7 cm³/mol. The number of Topliss-reactive ketones (excluding diaryl/α,β-unsaturated/α-hetero) is 1. The molecule has 0 saturated heterocycles. The van der Waals surface area contributed by atoms with Crippen molar-refractivity contribution >= 4 is 17.3 Å². The minimum absolute atomic E-state index is 0.193. The van der Waals surface area contributed by atoms with E-state index in [2.05, 4.69) is 16.5 Å². The zero-order valence-corrected chi connectivity index (χ0v) is 9.73. The van der Waals surface area contributed by atoms with E-state index in [1.54, 1.807) is 0 Å². The standard InChI is InChI=1S/C10H16N2OS/c1-4-5-8-10(14-12-11-8)9(13)6-7(2)3/h7H,4-6H2,1-3H3. The molecule has 0 N–H and O–H groups in total. The second kappa shape index (κ2) is 5.20. The van der Waals surface area contributed by atoms with Gasteiger partial charge in [-0.25, -0.2) is 0 Å². The highest BCUT2D eigenvalue weighted by atomic mass is 32.1. The van der Waals surface area contributed by atoms with Gasteiger partial charge in [-0.1, -0.05) is 31.7 Å². The first-order chi connectivity index (χ1) is 6.65. The SMILES string of the molecule is CCCc1nnsc1C(=O)CC(C)C. The second-order valence-corrected chi connectivity index (χ2v) is 4.57. The molecular formula is C10H16N2OS. The normalized spacial score (nSPS) is 10.9. The van der Waals surface area contributed by atoms with Crippen LogP contribution in [0, 0.1) is 5.92 Å². The van der Waals surface area contributed by atoms with E-state index in [0.29, 0.717) is 12.3 Å². The van der Waals surface area contributed by atoms with Gasteiger partial charge in [0.2, 0.25) is 0 Å². The Bertz CT molecular complexity index is 307. The molecule has 0 aromatic carbocycles. The zero-order chi connectivity index (χ0) is 10.6. The molecule has 0 aliphatic rings. The molecule has 1 aromatic rings. The second-order valence-electron chi connectivity index (χ2n) is 3.82. The third kappa shape index (κ3) is 2.87. The Balaban J connectivity index is 2.73. The van der Waals surface area contributed by atoms with Gasteiger partial charge in [0.15, 0.2) is 5.78 Å². The Labute approximate surface area is 88.7 Å². The van der Waals surface area contributed by atoms with Crippen molar-refractivity contribution in [1.29, 1.82) is 0 Å². The molecule has 1 rings (SSSR count). The van der Waals surface area contributed by atoms with Crippen molar-refractivity contribution in [3.05, 3.63) is 10.6 Å². The number of carbonyl (C=O) groups is 1. The van der Waals surface area contributed by atoms with E-state index < -0.39 is 0 Å². The van der Waals surface area contributed by atoms with Crippen LogP contribution >= 0.6 is 11.5 Å². The van der Waals surface area contributed by atoms with Crippen LogP contribution in [0.3, 0.4) is 0 Å². The van der Waals surface area contributed by atoms with Crippen molar-refractivity contribution in [2.24, 2.45) is 5.92 Å². The Morgan fingerprint density at radius 3 is 2.79 bits per heavy atom. The molecule has 0 amide bonds. The van der Waals surface area contributed by atoms with Crippen LogP contribution < -0.4 is 0 Å². The van der Waals surface area contributed by atoms with Gasteiger partial charge in [0, 0.05) is 6.42 Å².